The lowest BCUT2D eigenvalue weighted by molar-refractivity contribution is 0.661. The summed E-state index contributed by atoms with van der Waals surface area (Å²) in [6.07, 6.45) is 0. The average molecular weight is 691 g/mol. The van der Waals surface area contributed by atoms with Gasteiger partial charge in [-0.1, -0.05) is 153 Å². The summed E-state index contributed by atoms with van der Waals surface area (Å²) in [7, 11) is 0. The van der Waals surface area contributed by atoms with Crippen molar-refractivity contribution in [1.29, 1.82) is 0 Å². The minimum atomic E-state index is -0.147. The van der Waals surface area contributed by atoms with Crippen molar-refractivity contribution in [1.82, 2.24) is 14.5 Å². The van der Waals surface area contributed by atoms with Gasteiger partial charge in [-0.05, 0) is 58.1 Å². The van der Waals surface area contributed by atoms with Gasteiger partial charge < -0.3 is 4.57 Å². The molecule has 0 aliphatic heterocycles. The van der Waals surface area contributed by atoms with Crippen molar-refractivity contribution >= 4 is 27.5 Å². The molecule has 0 N–H and O–H groups in total. The standard InChI is InChI=1S/C50H34N4/c1-50(2)41-23-13-10-22-40(41)47-42(50)27-26-39-38-21-12-15-25-46(38)54(48(39)47)36-29-34(37-20-11-14-24-43(37)51-3)28-35(30-36)45-31-44(32-16-6-4-7-17-32)52-49(53-45)33-18-8-5-9-19-33/h4-31H,1-2H3. The lowest BCUT2D eigenvalue weighted by atomic mass is 9.82. The van der Waals surface area contributed by atoms with E-state index in [4.69, 9.17) is 16.5 Å². The molecule has 7 aromatic carbocycles. The summed E-state index contributed by atoms with van der Waals surface area (Å²) in [5, 5.41) is 2.41. The van der Waals surface area contributed by atoms with E-state index in [0.717, 1.165) is 50.4 Å². The number of rotatable bonds is 5. The zero-order valence-corrected chi connectivity index (χ0v) is 30.0. The number of hydrogen-bond donors (Lipinski definition) is 0. The van der Waals surface area contributed by atoms with E-state index in [1.54, 1.807) is 0 Å². The number of hydrogen-bond acceptors (Lipinski definition) is 2. The second-order valence-electron chi connectivity index (χ2n) is 14.5. The van der Waals surface area contributed by atoms with Gasteiger partial charge in [-0.25, -0.2) is 14.8 Å². The van der Waals surface area contributed by atoms with Gasteiger partial charge in [-0.15, -0.1) is 0 Å². The first-order valence-electron chi connectivity index (χ1n) is 18.3. The molecule has 0 fully saturated rings. The molecule has 54 heavy (non-hydrogen) atoms. The second kappa shape index (κ2) is 12.3. The number of aromatic nitrogens is 3. The molecule has 0 atom stereocenters. The molecule has 0 bridgehead atoms. The fourth-order valence-corrected chi connectivity index (χ4v) is 8.44. The molecule has 4 heteroatoms. The number of para-hydroxylation sites is 2. The van der Waals surface area contributed by atoms with Crippen LogP contribution in [0, 0.1) is 6.57 Å². The number of benzene rings is 7. The van der Waals surface area contributed by atoms with Crippen LogP contribution in [0.15, 0.2) is 170 Å². The molecule has 0 amide bonds. The van der Waals surface area contributed by atoms with Crippen molar-refractivity contribution in [3.8, 4) is 61.8 Å². The summed E-state index contributed by atoms with van der Waals surface area (Å²) in [5.41, 5.74) is 15.4. The normalized spacial score (nSPS) is 12.8. The molecule has 2 heterocycles. The Balaban J connectivity index is 1.32. The van der Waals surface area contributed by atoms with Crippen LogP contribution in [0.5, 0.6) is 0 Å². The molecule has 0 spiro atoms. The molecule has 9 aromatic rings. The third kappa shape index (κ3) is 4.90. The van der Waals surface area contributed by atoms with Crippen molar-refractivity contribution in [3.05, 3.63) is 192 Å². The molecule has 1 aliphatic rings. The van der Waals surface area contributed by atoms with Crippen LogP contribution in [-0.2, 0) is 5.41 Å². The van der Waals surface area contributed by atoms with Crippen LogP contribution in [0.2, 0.25) is 0 Å². The average Bonchev–Trinajstić information content (AvgIpc) is 3.69. The van der Waals surface area contributed by atoms with Gasteiger partial charge in [0, 0.05) is 44.1 Å². The van der Waals surface area contributed by atoms with E-state index in [0.29, 0.717) is 11.5 Å². The van der Waals surface area contributed by atoms with E-state index >= 15 is 0 Å². The smallest absolute Gasteiger partial charge is 0.194 e. The Hall–Kier alpha value is -7.09. The first kappa shape index (κ1) is 31.6. The van der Waals surface area contributed by atoms with Gasteiger partial charge in [0.25, 0.3) is 0 Å². The van der Waals surface area contributed by atoms with Gasteiger partial charge in [-0.3, -0.25) is 0 Å². The topological polar surface area (TPSA) is 35.1 Å². The molecule has 254 valence electrons. The molecule has 0 saturated carbocycles. The summed E-state index contributed by atoms with van der Waals surface area (Å²) in [6.45, 7) is 12.8. The summed E-state index contributed by atoms with van der Waals surface area (Å²) in [4.78, 5) is 14.3. The van der Waals surface area contributed by atoms with E-state index in [1.165, 1.54) is 38.5 Å². The minimum absolute atomic E-state index is 0.147. The molecule has 2 aromatic heterocycles. The lowest BCUT2D eigenvalue weighted by Gasteiger charge is -2.21. The highest BCUT2D eigenvalue weighted by atomic mass is 15.0. The summed E-state index contributed by atoms with van der Waals surface area (Å²) in [6, 6.07) is 59.3. The van der Waals surface area contributed by atoms with E-state index in [2.05, 4.69) is 132 Å². The fraction of sp³-hybridized carbons (Fsp3) is 0.0600. The predicted octanol–water partition coefficient (Wildman–Crippen LogP) is 13.1. The molecule has 1 aliphatic carbocycles. The Morgan fingerprint density at radius 3 is 1.93 bits per heavy atom. The third-order valence-corrected chi connectivity index (χ3v) is 11.0. The Morgan fingerprint density at radius 1 is 0.519 bits per heavy atom. The van der Waals surface area contributed by atoms with Gasteiger partial charge in [0.05, 0.1) is 29.0 Å². The number of nitrogens with zero attached hydrogens (tertiary/aromatic N) is 4. The molecule has 0 unspecified atom stereocenters. The number of fused-ring (bicyclic) bond motifs is 7. The molecular formula is C50H34N4. The lowest BCUT2D eigenvalue weighted by Crippen LogP contribution is -2.14. The summed E-state index contributed by atoms with van der Waals surface area (Å²) < 4.78 is 2.44. The van der Waals surface area contributed by atoms with Crippen LogP contribution in [-0.4, -0.2) is 14.5 Å². The van der Waals surface area contributed by atoms with Crippen LogP contribution >= 0.6 is 0 Å². The highest BCUT2D eigenvalue weighted by molar-refractivity contribution is 6.15. The maximum absolute atomic E-state index is 8.10. The van der Waals surface area contributed by atoms with Crippen molar-refractivity contribution in [3.63, 3.8) is 0 Å². The van der Waals surface area contributed by atoms with Gasteiger partial charge >= 0.3 is 0 Å². The zero-order chi connectivity index (χ0) is 36.4. The van der Waals surface area contributed by atoms with Crippen LogP contribution in [0.25, 0.3) is 88.5 Å². The second-order valence-corrected chi connectivity index (χ2v) is 14.5. The van der Waals surface area contributed by atoms with E-state index in [-0.39, 0.29) is 5.41 Å². The Bertz CT molecular complexity index is 2910. The SMILES string of the molecule is [C-]#[N+]c1ccccc1-c1cc(-c2cc(-c3ccccc3)nc(-c3ccccc3)n2)cc(-n2c3ccccc3c3ccc4c(c32)-c2ccccc2C4(C)C)c1. The molecular weight excluding hydrogens is 657 g/mol. The van der Waals surface area contributed by atoms with Crippen LogP contribution in [0.1, 0.15) is 25.0 Å². The zero-order valence-electron chi connectivity index (χ0n) is 30.0. The first-order valence-corrected chi connectivity index (χ1v) is 18.3. The quantitative estimate of drug-likeness (QED) is 0.169. The van der Waals surface area contributed by atoms with Gasteiger partial charge in [0.15, 0.2) is 11.5 Å². The van der Waals surface area contributed by atoms with Gasteiger partial charge in [0.2, 0.25) is 0 Å². The van der Waals surface area contributed by atoms with Crippen LogP contribution in [0.4, 0.5) is 5.69 Å². The first-order chi connectivity index (χ1) is 26.5. The van der Waals surface area contributed by atoms with Gasteiger partial charge in [-0.2, -0.15) is 0 Å². The van der Waals surface area contributed by atoms with Gasteiger partial charge in [0.1, 0.15) is 0 Å². The van der Waals surface area contributed by atoms with Crippen LogP contribution < -0.4 is 0 Å². The highest BCUT2D eigenvalue weighted by Crippen LogP contribution is 2.53. The maximum Gasteiger partial charge on any atom is 0.194 e. The minimum Gasteiger partial charge on any atom is -0.309 e. The Kier molecular flexibility index (Phi) is 7.18. The van der Waals surface area contributed by atoms with Crippen molar-refractivity contribution in [2.45, 2.75) is 19.3 Å². The molecule has 0 saturated heterocycles. The monoisotopic (exact) mass is 690 g/mol. The molecule has 10 rings (SSSR count). The van der Waals surface area contributed by atoms with E-state index < -0.39 is 0 Å². The van der Waals surface area contributed by atoms with E-state index in [1.807, 2.05) is 60.7 Å². The largest absolute Gasteiger partial charge is 0.309 e. The fourth-order valence-electron chi connectivity index (χ4n) is 8.44. The summed E-state index contributed by atoms with van der Waals surface area (Å²) >= 11 is 0. The third-order valence-electron chi connectivity index (χ3n) is 11.0. The Morgan fingerprint density at radius 2 is 1.15 bits per heavy atom. The Labute approximate surface area is 314 Å². The highest BCUT2D eigenvalue weighted by Gasteiger charge is 2.37. The van der Waals surface area contributed by atoms with Crippen LogP contribution in [0.3, 0.4) is 0 Å². The van der Waals surface area contributed by atoms with Crippen molar-refractivity contribution < 1.29 is 0 Å². The molecule has 4 nitrogen and oxygen atoms in total. The van der Waals surface area contributed by atoms with Crippen molar-refractivity contribution in [2.24, 2.45) is 0 Å². The maximum atomic E-state index is 8.10. The van der Waals surface area contributed by atoms with Crippen molar-refractivity contribution in [2.75, 3.05) is 0 Å². The van der Waals surface area contributed by atoms with E-state index in [9.17, 15) is 0 Å². The predicted molar refractivity (Wildman–Crippen MR) is 222 cm³/mol. The molecule has 0 radical (unpaired) electrons. The summed E-state index contributed by atoms with van der Waals surface area (Å²) in [5.74, 6) is 0.661.